The fourth-order valence-corrected chi connectivity index (χ4v) is 2.70. The second-order valence-corrected chi connectivity index (χ2v) is 5.02. The topological polar surface area (TPSA) is 61.4 Å². The number of aliphatic hydroxyl groups is 1. The van der Waals surface area contributed by atoms with Crippen LogP contribution >= 0.6 is 0 Å². The number of carbonyl (C=O) groups excluding carboxylic acids is 1. The second-order valence-electron chi connectivity index (χ2n) is 5.02. The summed E-state index contributed by atoms with van der Waals surface area (Å²) in [4.78, 5) is 11.8. The molecule has 2 rings (SSSR count). The fraction of sp³-hybridized carbons (Fsp3) is 0.917. The summed E-state index contributed by atoms with van der Waals surface area (Å²) in [6.45, 7) is 1.03. The Bertz CT molecular complexity index is 239. The first-order chi connectivity index (χ1) is 7.75. The SMILES string of the molecule is O=C(CC1CCCN1)NC1CCCCC1O. The van der Waals surface area contributed by atoms with E-state index in [1.165, 1.54) is 6.42 Å². The minimum atomic E-state index is -0.339. The number of carbonyl (C=O) groups is 1. The molecule has 3 unspecified atom stereocenters. The van der Waals surface area contributed by atoms with Crippen LogP contribution in [0.1, 0.15) is 44.9 Å². The van der Waals surface area contributed by atoms with Crippen LogP contribution in [-0.4, -0.2) is 35.7 Å². The van der Waals surface area contributed by atoms with Gasteiger partial charge in [-0.15, -0.1) is 0 Å². The number of hydrogen-bond acceptors (Lipinski definition) is 3. The fourth-order valence-electron chi connectivity index (χ4n) is 2.70. The molecule has 2 fully saturated rings. The molecular formula is C12H22N2O2. The molecule has 1 aliphatic carbocycles. The Labute approximate surface area is 96.8 Å². The molecule has 4 heteroatoms. The number of rotatable bonds is 3. The molecule has 1 saturated carbocycles. The van der Waals surface area contributed by atoms with Gasteiger partial charge in [0, 0.05) is 12.5 Å². The molecule has 1 amide bonds. The summed E-state index contributed by atoms with van der Waals surface area (Å²) in [5.41, 5.74) is 0. The maximum absolute atomic E-state index is 11.8. The predicted octanol–water partition coefficient (Wildman–Crippen LogP) is 0.548. The summed E-state index contributed by atoms with van der Waals surface area (Å²) in [5.74, 6) is 0.0883. The van der Waals surface area contributed by atoms with E-state index in [2.05, 4.69) is 10.6 Å². The largest absolute Gasteiger partial charge is 0.391 e. The van der Waals surface area contributed by atoms with Gasteiger partial charge in [0.15, 0.2) is 0 Å². The summed E-state index contributed by atoms with van der Waals surface area (Å²) in [6, 6.07) is 0.336. The Morgan fingerprint density at radius 1 is 1.25 bits per heavy atom. The van der Waals surface area contributed by atoms with Crippen LogP contribution in [0.4, 0.5) is 0 Å². The Morgan fingerprint density at radius 2 is 2.06 bits per heavy atom. The van der Waals surface area contributed by atoms with Crippen molar-refractivity contribution in [3.05, 3.63) is 0 Å². The lowest BCUT2D eigenvalue weighted by atomic mass is 9.92. The van der Waals surface area contributed by atoms with Crippen molar-refractivity contribution in [1.29, 1.82) is 0 Å². The first-order valence-electron chi connectivity index (χ1n) is 6.46. The number of nitrogens with one attached hydrogen (secondary N) is 2. The van der Waals surface area contributed by atoms with Crippen molar-refractivity contribution in [2.45, 2.75) is 63.1 Å². The van der Waals surface area contributed by atoms with Crippen molar-refractivity contribution < 1.29 is 9.90 Å². The molecule has 3 atom stereocenters. The molecule has 0 aromatic carbocycles. The van der Waals surface area contributed by atoms with E-state index >= 15 is 0 Å². The molecule has 0 aromatic heterocycles. The first-order valence-corrected chi connectivity index (χ1v) is 6.46. The third kappa shape index (κ3) is 3.19. The molecule has 1 saturated heterocycles. The van der Waals surface area contributed by atoms with Crippen molar-refractivity contribution in [2.75, 3.05) is 6.54 Å². The highest BCUT2D eigenvalue weighted by Gasteiger charge is 2.25. The highest BCUT2D eigenvalue weighted by atomic mass is 16.3. The highest BCUT2D eigenvalue weighted by molar-refractivity contribution is 5.77. The van der Waals surface area contributed by atoms with E-state index in [0.29, 0.717) is 12.5 Å². The molecule has 3 N–H and O–H groups in total. The Kier molecular flexibility index (Phi) is 4.18. The van der Waals surface area contributed by atoms with E-state index in [4.69, 9.17) is 0 Å². The lowest BCUT2D eigenvalue weighted by molar-refractivity contribution is -0.123. The summed E-state index contributed by atoms with van der Waals surface area (Å²) in [7, 11) is 0. The van der Waals surface area contributed by atoms with E-state index in [-0.39, 0.29) is 18.1 Å². The lowest BCUT2D eigenvalue weighted by Gasteiger charge is -2.28. The average Bonchev–Trinajstić information content (AvgIpc) is 2.74. The Hall–Kier alpha value is -0.610. The van der Waals surface area contributed by atoms with Gasteiger partial charge in [-0.2, -0.15) is 0 Å². The molecule has 0 spiro atoms. The predicted molar refractivity (Wildman–Crippen MR) is 62.0 cm³/mol. The second kappa shape index (κ2) is 5.64. The van der Waals surface area contributed by atoms with Crippen molar-refractivity contribution in [3.8, 4) is 0 Å². The zero-order chi connectivity index (χ0) is 11.4. The molecule has 4 nitrogen and oxygen atoms in total. The Morgan fingerprint density at radius 3 is 2.75 bits per heavy atom. The van der Waals surface area contributed by atoms with Gasteiger partial charge in [-0.1, -0.05) is 12.8 Å². The Balaban J connectivity index is 1.72. The molecule has 0 radical (unpaired) electrons. The number of amides is 1. The van der Waals surface area contributed by atoms with Gasteiger partial charge in [-0.25, -0.2) is 0 Å². The van der Waals surface area contributed by atoms with Gasteiger partial charge in [0.25, 0.3) is 0 Å². The van der Waals surface area contributed by atoms with Gasteiger partial charge < -0.3 is 15.7 Å². The normalized spacial score (nSPS) is 34.9. The summed E-state index contributed by atoms with van der Waals surface area (Å²) in [6.07, 6.45) is 6.43. The standard InChI is InChI=1S/C12H22N2O2/c15-11-6-2-1-5-10(11)14-12(16)8-9-4-3-7-13-9/h9-11,13,15H,1-8H2,(H,14,16). The van der Waals surface area contributed by atoms with E-state index in [9.17, 15) is 9.90 Å². The van der Waals surface area contributed by atoms with Gasteiger partial charge >= 0.3 is 0 Å². The van der Waals surface area contributed by atoms with Gasteiger partial charge in [-0.05, 0) is 32.2 Å². The van der Waals surface area contributed by atoms with Crippen LogP contribution in [0.15, 0.2) is 0 Å². The zero-order valence-corrected chi connectivity index (χ0v) is 9.74. The maximum Gasteiger partial charge on any atom is 0.221 e. The number of aliphatic hydroxyl groups excluding tert-OH is 1. The van der Waals surface area contributed by atoms with E-state index in [1.807, 2.05) is 0 Å². The van der Waals surface area contributed by atoms with Gasteiger partial charge in [-0.3, -0.25) is 4.79 Å². The smallest absolute Gasteiger partial charge is 0.221 e. The van der Waals surface area contributed by atoms with Crippen LogP contribution in [0.3, 0.4) is 0 Å². The molecular weight excluding hydrogens is 204 g/mol. The average molecular weight is 226 g/mol. The van der Waals surface area contributed by atoms with Crippen LogP contribution < -0.4 is 10.6 Å². The molecule has 16 heavy (non-hydrogen) atoms. The lowest BCUT2D eigenvalue weighted by Crippen LogP contribution is -2.46. The minimum Gasteiger partial charge on any atom is -0.391 e. The molecule has 92 valence electrons. The van der Waals surface area contributed by atoms with Crippen LogP contribution in [0.25, 0.3) is 0 Å². The van der Waals surface area contributed by atoms with Crippen molar-refractivity contribution in [2.24, 2.45) is 0 Å². The molecule has 1 aliphatic heterocycles. The van der Waals surface area contributed by atoms with Crippen LogP contribution in [0.2, 0.25) is 0 Å². The highest BCUT2D eigenvalue weighted by Crippen LogP contribution is 2.18. The zero-order valence-electron chi connectivity index (χ0n) is 9.74. The molecule has 0 aromatic rings. The van der Waals surface area contributed by atoms with Crippen molar-refractivity contribution in [1.82, 2.24) is 10.6 Å². The van der Waals surface area contributed by atoms with Crippen molar-refractivity contribution in [3.63, 3.8) is 0 Å². The monoisotopic (exact) mass is 226 g/mol. The van der Waals surface area contributed by atoms with Gasteiger partial charge in [0.05, 0.1) is 12.1 Å². The summed E-state index contributed by atoms with van der Waals surface area (Å²) < 4.78 is 0. The molecule has 0 bridgehead atoms. The van der Waals surface area contributed by atoms with Crippen LogP contribution in [0.5, 0.6) is 0 Å². The van der Waals surface area contributed by atoms with Gasteiger partial charge in [0.2, 0.25) is 5.91 Å². The molecule has 2 aliphatic rings. The number of hydrogen-bond donors (Lipinski definition) is 3. The van der Waals surface area contributed by atoms with E-state index in [0.717, 1.165) is 38.6 Å². The molecule has 1 heterocycles. The summed E-state index contributed by atoms with van der Waals surface area (Å²) >= 11 is 0. The van der Waals surface area contributed by atoms with Gasteiger partial charge in [0.1, 0.15) is 0 Å². The van der Waals surface area contributed by atoms with E-state index < -0.39 is 0 Å². The van der Waals surface area contributed by atoms with Crippen molar-refractivity contribution >= 4 is 5.91 Å². The maximum atomic E-state index is 11.8. The first kappa shape index (κ1) is 11.9. The minimum absolute atomic E-state index is 0.0114. The van der Waals surface area contributed by atoms with Crippen LogP contribution in [-0.2, 0) is 4.79 Å². The van der Waals surface area contributed by atoms with E-state index in [1.54, 1.807) is 0 Å². The third-order valence-corrected chi connectivity index (χ3v) is 3.67. The van der Waals surface area contributed by atoms with Crippen LogP contribution in [0, 0.1) is 0 Å². The third-order valence-electron chi connectivity index (χ3n) is 3.67. The quantitative estimate of drug-likeness (QED) is 0.658. The summed E-state index contributed by atoms with van der Waals surface area (Å²) in [5, 5.41) is 16.0.